The SMILES string of the molecule is c1ccc(-c2ccc(-c3c(N(c4ccccc4)c4ccc5c(c4)C4(c6ccccc6-c6ccc(N(c7ccccc7)c7ccc(C8CCCCC8)cc7)cc64)c4ccccc4-5)ccc4ccccc34)cc2)cc1. The molecule has 348 valence electrons. The Morgan fingerprint density at radius 1 is 0.315 bits per heavy atom. The van der Waals surface area contributed by atoms with Gasteiger partial charge in [-0.25, -0.2) is 0 Å². The summed E-state index contributed by atoms with van der Waals surface area (Å²) in [5.41, 5.74) is 22.9. The molecule has 2 heteroatoms. The number of rotatable bonds is 9. The molecular formula is C71H54N2. The van der Waals surface area contributed by atoms with Gasteiger partial charge in [-0.3, -0.25) is 0 Å². The summed E-state index contributed by atoms with van der Waals surface area (Å²) in [6, 6.07) is 97.6. The van der Waals surface area contributed by atoms with Gasteiger partial charge in [-0.05, 0) is 163 Å². The van der Waals surface area contributed by atoms with Crippen LogP contribution in [0, 0.1) is 0 Å². The van der Waals surface area contributed by atoms with Gasteiger partial charge in [0.1, 0.15) is 0 Å². The number of benzene rings is 11. The van der Waals surface area contributed by atoms with Gasteiger partial charge < -0.3 is 9.80 Å². The fraction of sp³-hybridized carbons (Fsp3) is 0.0986. The summed E-state index contributed by atoms with van der Waals surface area (Å²) in [6.07, 6.45) is 6.59. The van der Waals surface area contributed by atoms with Crippen LogP contribution in [0.25, 0.3) is 55.3 Å². The van der Waals surface area contributed by atoms with Crippen molar-refractivity contribution in [2.45, 2.75) is 43.4 Å². The predicted octanol–water partition coefficient (Wildman–Crippen LogP) is 19.5. The molecule has 11 aromatic carbocycles. The predicted molar refractivity (Wildman–Crippen MR) is 306 cm³/mol. The fourth-order valence-corrected chi connectivity index (χ4v) is 13.0. The zero-order valence-electron chi connectivity index (χ0n) is 40.8. The van der Waals surface area contributed by atoms with Crippen molar-refractivity contribution in [1.82, 2.24) is 0 Å². The molecule has 0 radical (unpaired) electrons. The van der Waals surface area contributed by atoms with Crippen LogP contribution in [0.1, 0.15) is 65.8 Å². The quantitative estimate of drug-likeness (QED) is 0.142. The highest BCUT2D eigenvalue weighted by molar-refractivity contribution is 6.06. The van der Waals surface area contributed by atoms with Gasteiger partial charge in [0.2, 0.25) is 0 Å². The molecule has 1 atom stereocenters. The second kappa shape index (κ2) is 17.8. The second-order valence-corrected chi connectivity index (χ2v) is 20.2. The van der Waals surface area contributed by atoms with E-state index in [4.69, 9.17) is 0 Å². The monoisotopic (exact) mass is 934 g/mol. The first-order chi connectivity index (χ1) is 36.2. The molecule has 11 aromatic rings. The van der Waals surface area contributed by atoms with E-state index in [0.29, 0.717) is 5.92 Å². The maximum atomic E-state index is 2.53. The molecule has 0 aromatic heterocycles. The summed E-state index contributed by atoms with van der Waals surface area (Å²) in [5.74, 6) is 0.649. The minimum atomic E-state index is -0.584. The molecule has 0 N–H and O–H groups in total. The number of anilines is 6. The van der Waals surface area contributed by atoms with Crippen molar-refractivity contribution in [3.05, 3.63) is 289 Å². The number of nitrogens with zero attached hydrogens (tertiary/aromatic N) is 2. The molecule has 2 nitrogen and oxygen atoms in total. The number of para-hydroxylation sites is 2. The van der Waals surface area contributed by atoms with Crippen LogP contribution in [-0.4, -0.2) is 0 Å². The highest BCUT2D eigenvalue weighted by Gasteiger charge is 2.52. The zero-order chi connectivity index (χ0) is 48.3. The fourth-order valence-electron chi connectivity index (χ4n) is 13.0. The van der Waals surface area contributed by atoms with Crippen molar-refractivity contribution in [2.75, 3.05) is 9.80 Å². The van der Waals surface area contributed by atoms with E-state index in [9.17, 15) is 0 Å². The van der Waals surface area contributed by atoms with Crippen molar-refractivity contribution in [3.63, 3.8) is 0 Å². The van der Waals surface area contributed by atoms with Crippen LogP contribution in [-0.2, 0) is 5.41 Å². The lowest BCUT2D eigenvalue weighted by Gasteiger charge is -2.34. The Morgan fingerprint density at radius 2 is 0.781 bits per heavy atom. The molecule has 73 heavy (non-hydrogen) atoms. The lowest BCUT2D eigenvalue weighted by atomic mass is 9.70. The highest BCUT2D eigenvalue weighted by atomic mass is 15.1. The minimum Gasteiger partial charge on any atom is -0.310 e. The molecule has 0 saturated heterocycles. The Morgan fingerprint density at radius 3 is 1.41 bits per heavy atom. The summed E-state index contributed by atoms with van der Waals surface area (Å²) in [4.78, 5) is 4.96. The number of hydrogen-bond donors (Lipinski definition) is 0. The molecule has 3 aliphatic carbocycles. The van der Waals surface area contributed by atoms with Crippen molar-refractivity contribution in [1.29, 1.82) is 0 Å². The van der Waals surface area contributed by atoms with Gasteiger partial charge in [0.05, 0.1) is 11.1 Å². The van der Waals surface area contributed by atoms with E-state index in [1.54, 1.807) is 0 Å². The first-order valence-electron chi connectivity index (χ1n) is 26.2. The Bertz CT molecular complexity index is 3800. The average molecular weight is 935 g/mol. The Hall–Kier alpha value is -8.72. The molecule has 1 saturated carbocycles. The van der Waals surface area contributed by atoms with Gasteiger partial charge in [-0.1, -0.05) is 213 Å². The maximum absolute atomic E-state index is 2.53. The van der Waals surface area contributed by atoms with Gasteiger partial charge in [0.15, 0.2) is 0 Å². The van der Waals surface area contributed by atoms with Crippen LogP contribution in [0.15, 0.2) is 261 Å². The van der Waals surface area contributed by atoms with Gasteiger partial charge in [-0.2, -0.15) is 0 Å². The third-order valence-corrected chi connectivity index (χ3v) is 16.3. The Labute approximate surface area is 429 Å². The van der Waals surface area contributed by atoms with Crippen molar-refractivity contribution in [2.24, 2.45) is 0 Å². The average Bonchev–Trinajstić information content (AvgIpc) is 3.94. The maximum Gasteiger partial charge on any atom is 0.0727 e. The number of fused-ring (bicyclic) bond motifs is 11. The summed E-state index contributed by atoms with van der Waals surface area (Å²) in [6.45, 7) is 0. The topological polar surface area (TPSA) is 6.48 Å². The molecule has 14 rings (SSSR count). The smallest absolute Gasteiger partial charge is 0.0727 e. The van der Waals surface area contributed by atoms with E-state index in [0.717, 1.165) is 28.4 Å². The lowest BCUT2D eigenvalue weighted by Crippen LogP contribution is -2.26. The minimum absolute atomic E-state index is 0.584. The van der Waals surface area contributed by atoms with E-state index in [1.807, 2.05) is 0 Å². The molecule has 1 spiro atoms. The van der Waals surface area contributed by atoms with Crippen molar-refractivity contribution in [3.8, 4) is 44.5 Å². The first kappa shape index (κ1) is 43.1. The Balaban J connectivity index is 0.977. The number of hydrogen-bond acceptors (Lipinski definition) is 2. The van der Waals surface area contributed by atoms with Crippen LogP contribution < -0.4 is 9.80 Å². The molecule has 0 amide bonds. The molecule has 0 heterocycles. The van der Waals surface area contributed by atoms with E-state index in [2.05, 4.69) is 271 Å². The molecule has 3 aliphatic rings. The van der Waals surface area contributed by atoms with Crippen molar-refractivity contribution < 1.29 is 0 Å². The summed E-state index contributed by atoms with van der Waals surface area (Å²) < 4.78 is 0. The van der Waals surface area contributed by atoms with Gasteiger partial charge >= 0.3 is 0 Å². The van der Waals surface area contributed by atoms with E-state index >= 15 is 0 Å². The van der Waals surface area contributed by atoms with E-state index in [-0.39, 0.29) is 0 Å². The normalized spacial score (nSPS) is 15.4. The third kappa shape index (κ3) is 7.07. The van der Waals surface area contributed by atoms with Crippen LogP contribution in [0.3, 0.4) is 0 Å². The van der Waals surface area contributed by atoms with Gasteiger partial charge in [-0.15, -0.1) is 0 Å². The van der Waals surface area contributed by atoms with Crippen LogP contribution >= 0.6 is 0 Å². The summed E-state index contributed by atoms with van der Waals surface area (Å²) in [5, 5.41) is 2.43. The summed E-state index contributed by atoms with van der Waals surface area (Å²) in [7, 11) is 0. The molecule has 0 bridgehead atoms. The lowest BCUT2D eigenvalue weighted by molar-refractivity contribution is 0.443. The van der Waals surface area contributed by atoms with Crippen molar-refractivity contribution >= 4 is 44.9 Å². The largest absolute Gasteiger partial charge is 0.310 e. The van der Waals surface area contributed by atoms with Crippen LogP contribution in [0.5, 0.6) is 0 Å². The zero-order valence-corrected chi connectivity index (χ0v) is 40.8. The highest BCUT2D eigenvalue weighted by Crippen LogP contribution is 2.64. The Kier molecular flexibility index (Phi) is 10.5. The first-order valence-corrected chi connectivity index (χ1v) is 26.2. The van der Waals surface area contributed by atoms with Gasteiger partial charge in [0, 0.05) is 34.0 Å². The van der Waals surface area contributed by atoms with Crippen LogP contribution in [0.4, 0.5) is 34.1 Å². The summed E-state index contributed by atoms with van der Waals surface area (Å²) >= 11 is 0. The van der Waals surface area contributed by atoms with E-state index in [1.165, 1.54) is 121 Å². The van der Waals surface area contributed by atoms with Gasteiger partial charge in [0.25, 0.3) is 0 Å². The van der Waals surface area contributed by atoms with E-state index < -0.39 is 5.41 Å². The molecule has 1 fully saturated rings. The standard InChI is InChI=1S/C71H54N2/c1-5-19-49(20-6-1)51-33-35-54(36-34-51)70-60-28-14-13-23-53(60)39-46-69(70)73(56-26-11-4-12-27-56)59-43-45-64-62-30-16-18-32-66(62)71(68(64)48-59)65-31-17-15-29-61(65)63-44-42-58(47-67(63)71)72(55-24-9-3-10-25-55)57-40-37-52(38-41-57)50-21-7-2-8-22-50/h1,3-6,9-20,23-48,50H,2,7-8,21-22H2. The molecular weight excluding hydrogens is 881 g/mol. The third-order valence-electron chi connectivity index (χ3n) is 16.3. The molecule has 0 aliphatic heterocycles. The molecule has 1 unspecified atom stereocenters. The van der Waals surface area contributed by atoms with Crippen LogP contribution in [0.2, 0.25) is 0 Å². The second-order valence-electron chi connectivity index (χ2n) is 20.2.